The molecule has 1 aliphatic heterocycles. The predicted molar refractivity (Wildman–Crippen MR) is 72.2 cm³/mol. The first kappa shape index (κ1) is 13.4. The molecule has 1 fully saturated rings. The van der Waals surface area contributed by atoms with Crippen LogP contribution in [-0.2, 0) is 9.59 Å². The Hall–Kier alpha value is -2.04. The molecule has 19 heavy (non-hydrogen) atoms. The van der Waals surface area contributed by atoms with Crippen LogP contribution < -0.4 is 10.1 Å². The van der Waals surface area contributed by atoms with E-state index in [-0.39, 0.29) is 18.2 Å². The molecule has 1 aliphatic rings. The van der Waals surface area contributed by atoms with Crippen molar-refractivity contribution in [2.24, 2.45) is 0 Å². The largest absolute Gasteiger partial charge is 0.495 e. The lowest BCUT2D eigenvalue weighted by atomic mass is 10.1. The third-order valence-electron chi connectivity index (χ3n) is 3.25. The number of amides is 2. The molecule has 2 amide bonds. The van der Waals surface area contributed by atoms with Crippen LogP contribution in [0.2, 0.25) is 0 Å². The molecule has 1 N–H and O–H groups in total. The number of benzene rings is 1. The zero-order chi connectivity index (χ0) is 14.0. The zero-order valence-electron chi connectivity index (χ0n) is 11.4. The second kappa shape index (κ2) is 5.30. The van der Waals surface area contributed by atoms with Crippen LogP contribution in [0.1, 0.15) is 18.9 Å². The third kappa shape index (κ3) is 2.54. The second-order valence-electron chi connectivity index (χ2n) is 4.58. The van der Waals surface area contributed by atoms with E-state index in [9.17, 15) is 9.59 Å². The van der Waals surface area contributed by atoms with Gasteiger partial charge in [-0.15, -0.1) is 0 Å². The first-order valence-electron chi connectivity index (χ1n) is 6.32. The van der Waals surface area contributed by atoms with E-state index in [1.807, 2.05) is 25.1 Å². The van der Waals surface area contributed by atoms with Gasteiger partial charge in [0.1, 0.15) is 11.8 Å². The van der Waals surface area contributed by atoms with Crippen LogP contribution in [0.25, 0.3) is 0 Å². The molecule has 1 unspecified atom stereocenters. The Kier molecular flexibility index (Phi) is 3.74. The number of likely N-dealkylation sites (N-methyl/N-ethyl adjacent to an activating group) is 1. The molecule has 0 saturated carbocycles. The molecule has 0 aromatic heterocycles. The van der Waals surface area contributed by atoms with E-state index < -0.39 is 6.04 Å². The Labute approximate surface area is 112 Å². The third-order valence-corrected chi connectivity index (χ3v) is 3.25. The number of nitrogens with one attached hydrogen (secondary N) is 1. The van der Waals surface area contributed by atoms with E-state index >= 15 is 0 Å². The number of carbonyl (C=O) groups excluding carboxylic acids is 2. The summed E-state index contributed by atoms with van der Waals surface area (Å²) in [5.41, 5.74) is 1.81. The van der Waals surface area contributed by atoms with Crippen molar-refractivity contribution < 1.29 is 14.3 Å². The lowest BCUT2D eigenvalue weighted by Gasteiger charge is -2.16. The van der Waals surface area contributed by atoms with Gasteiger partial charge in [-0.05, 0) is 31.5 Å². The van der Waals surface area contributed by atoms with E-state index in [1.54, 1.807) is 14.0 Å². The number of hydrogen-bond donors (Lipinski definition) is 1. The molecular weight excluding hydrogens is 244 g/mol. The molecule has 0 aliphatic carbocycles. The molecule has 5 nitrogen and oxygen atoms in total. The fourth-order valence-corrected chi connectivity index (χ4v) is 2.23. The summed E-state index contributed by atoms with van der Waals surface area (Å²) in [6.45, 7) is 4.18. The molecule has 1 atom stereocenters. The first-order valence-corrected chi connectivity index (χ1v) is 6.32. The van der Waals surface area contributed by atoms with Crippen molar-refractivity contribution in [3.63, 3.8) is 0 Å². The summed E-state index contributed by atoms with van der Waals surface area (Å²) in [4.78, 5) is 25.0. The molecule has 102 valence electrons. The SMILES string of the molecule is CCN1C(=O)CC(Nc2ccc(C)cc2OC)C1=O. The highest BCUT2D eigenvalue weighted by Crippen LogP contribution is 2.28. The van der Waals surface area contributed by atoms with Gasteiger partial charge in [-0.3, -0.25) is 14.5 Å². The van der Waals surface area contributed by atoms with E-state index in [0.717, 1.165) is 11.3 Å². The van der Waals surface area contributed by atoms with E-state index in [0.29, 0.717) is 12.3 Å². The van der Waals surface area contributed by atoms with Crippen LogP contribution in [0.15, 0.2) is 18.2 Å². The van der Waals surface area contributed by atoms with Crippen LogP contribution in [0.4, 0.5) is 5.69 Å². The molecule has 5 heteroatoms. The van der Waals surface area contributed by atoms with E-state index in [2.05, 4.69) is 5.32 Å². The molecule has 1 saturated heterocycles. The number of anilines is 1. The molecule has 0 spiro atoms. The quantitative estimate of drug-likeness (QED) is 0.837. The smallest absolute Gasteiger partial charge is 0.252 e. The normalized spacial score (nSPS) is 18.9. The van der Waals surface area contributed by atoms with Gasteiger partial charge in [0.2, 0.25) is 5.91 Å². The van der Waals surface area contributed by atoms with Gasteiger partial charge in [0.15, 0.2) is 0 Å². The topological polar surface area (TPSA) is 58.6 Å². The van der Waals surface area contributed by atoms with E-state index in [4.69, 9.17) is 4.74 Å². The minimum absolute atomic E-state index is 0.129. The number of ether oxygens (including phenoxy) is 1. The fourth-order valence-electron chi connectivity index (χ4n) is 2.23. The Bertz CT molecular complexity index is 513. The van der Waals surface area contributed by atoms with Gasteiger partial charge in [0.05, 0.1) is 19.2 Å². The molecule has 0 radical (unpaired) electrons. The standard InChI is InChI=1S/C14H18N2O3/c1-4-16-13(17)8-11(14(16)18)15-10-6-5-9(2)7-12(10)19-3/h5-7,11,15H,4,8H2,1-3H3. The maximum Gasteiger partial charge on any atom is 0.252 e. The average Bonchev–Trinajstić information content (AvgIpc) is 2.66. The lowest BCUT2D eigenvalue weighted by molar-refractivity contribution is -0.138. The summed E-state index contributed by atoms with van der Waals surface area (Å²) in [6.07, 6.45) is 0.198. The predicted octanol–water partition coefficient (Wildman–Crippen LogP) is 1.56. The highest BCUT2D eigenvalue weighted by molar-refractivity contribution is 6.06. The molecule has 1 aromatic carbocycles. The number of methoxy groups -OCH3 is 1. The summed E-state index contributed by atoms with van der Waals surface area (Å²) in [6, 6.07) is 5.19. The van der Waals surface area contributed by atoms with Crippen LogP contribution in [0.5, 0.6) is 5.75 Å². The summed E-state index contributed by atoms with van der Waals surface area (Å²) in [5.74, 6) is 0.376. The second-order valence-corrected chi connectivity index (χ2v) is 4.58. The van der Waals surface area contributed by atoms with Crippen LogP contribution in [0, 0.1) is 6.92 Å². The number of imide groups is 1. The number of hydrogen-bond acceptors (Lipinski definition) is 4. The summed E-state index contributed by atoms with van der Waals surface area (Å²) >= 11 is 0. The van der Waals surface area contributed by atoms with Gasteiger partial charge in [0, 0.05) is 6.54 Å². The highest BCUT2D eigenvalue weighted by Gasteiger charge is 2.37. The maximum absolute atomic E-state index is 12.0. The van der Waals surface area contributed by atoms with Gasteiger partial charge in [-0.1, -0.05) is 6.07 Å². The molecule has 1 heterocycles. The van der Waals surface area contributed by atoms with Crippen molar-refractivity contribution in [3.05, 3.63) is 23.8 Å². The van der Waals surface area contributed by atoms with Crippen molar-refractivity contribution in [3.8, 4) is 5.75 Å². The Balaban J connectivity index is 2.18. The van der Waals surface area contributed by atoms with Crippen molar-refractivity contribution >= 4 is 17.5 Å². The molecule has 0 bridgehead atoms. The molecular formula is C14H18N2O3. The van der Waals surface area contributed by atoms with Crippen LogP contribution >= 0.6 is 0 Å². The fraction of sp³-hybridized carbons (Fsp3) is 0.429. The van der Waals surface area contributed by atoms with Crippen molar-refractivity contribution in [1.82, 2.24) is 4.90 Å². The van der Waals surface area contributed by atoms with Crippen LogP contribution in [0.3, 0.4) is 0 Å². The molecule has 1 aromatic rings. The minimum Gasteiger partial charge on any atom is -0.495 e. The van der Waals surface area contributed by atoms with Crippen molar-refractivity contribution in [2.45, 2.75) is 26.3 Å². The minimum atomic E-state index is -0.496. The van der Waals surface area contributed by atoms with Gasteiger partial charge in [-0.2, -0.15) is 0 Å². The summed E-state index contributed by atoms with van der Waals surface area (Å²) < 4.78 is 5.28. The number of nitrogens with zero attached hydrogens (tertiary/aromatic N) is 1. The molecule has 2 rings (SSSR count). The van der Waals surface area contributed by atoms with Gasteiger partial charge in [0.25, 0.3) is 5.91 Å². The summed E-state index contributed by atoms with van der Waals surface area (Å²) in [7, 11) is 1.58. The van der Waals surface area contributed by atoms with E-state index in [1.165, 1.54) is 4.90 Å². The Morgan fingerprint density at radius 3 is 2.74 bits per heavy atom. The maximum atomic E-state index is 12.0. The lowest BCUT2D eigenvalue weighted by Crippen LogP contribution is -2.34. The Morgan fingerprint density at radius 1 is 1.42 bits per heavy atom. The number of carbonyl (C=O) groups is 2. The average molecular weight is 262 g/mol. The highest BCUT2D eigenvalue weighted by atomic mass is 16.5. The number of rotatable bonds is 4. The monoisotopic (exact) mass is 262 g/mol. The van der Waals surface area contributed by atoms with Crippen molar-refractivity contribution in [1.29, 1.82) is 0 Å². The van der Waals surface area contributed by atoms with Gasteiger partial charge < -0.3 is 10.1 Å². The van der Waals surface area contributed by atoms with Gasteiger partial charge >= 0.3 is 0 Å². The Morgan fingerprint density at radius 2 is 2.16 bits per heavy atom. The van der Waals surface area contributed by atoms with Gasteiger partial charge in [-0.25, -0.2) is 0 Å². The summed E-state index contributed by atoms with van der Waals surface area (Å²) in [5, 5.41) is 3.10. The first-order chi connectivity index (χ1) is 9.06. The van der Waals surface area contributed by atoms with Crippen LogP contribution in [-0.4, -0.2) is 36.4 Å². The zero-order valence-corrected chi connectivity index (χ0v) is 11.4. The van der Waals surface area contributed by atoms with Crippen molar-refractivity contribution in [2.75, 3.05) is 19.0 Å². The number of likely N-dealkylation sites (tertiary alicyclic amines) is 1. The number of aryl methyl sites for hydroxylation is 1.